The molecule has 70 valence electrons. The second kappa shape index (κ2) is 3.03. The Morgan fingerprint density at radius 1 is 1.54 bits per heavy atom. The third-order valence-corrected chi connectivity index (χ3v) is 2.36. The van der Waals surface area contributed by atoms with Crippen LogP contribution < -0.4 is 5.32 Å². The Morgan fingerprint density at radius 2 is 2.38 bits per heavy atom. The summed E-state index contributed by atoms with van der Waals surface area (Å²) in [6.45, 7) is 0.784. The SMILES string of the molecule is Fc1cnccc1C1(F)CCNC1. The van der Waals surface area contributed by atoms with Gasteiger partial charge in [-0.2, -0.15) is 0 Å². The van der Waals surface area contributed by atoms with Gasteiger partial charge in [0.25, 0.3) is 0 Å². The Kier molecular flexibility index (Phi) is 2.00. The fourth-order valence-electron chi connectivity index (χ4n) is 1.63. The molecule has 2 heterocycles. The molecule has 2 nitrogen and oxygen atoms in total. The van der Waals surface area contributed by atoms with Crippen molar-refractivity contribution in [1.29, 1.82) is 0 Å². The molecule has 2 rings (SSSR count). The van der Waals surface area contributed by atoms with E-state index in [9.17, 15) is 8.78 Å². The molecular weight excluding hydrogens is 174 g/mol. The van der Waals surface area contributed by atoms with E-state index in [0.717, 1.165) is 6.20 Å². The highest BCUT2D eigenvalue weighted by molar-refractivity contribution is 5.23. The average molecular weight is 184 g/mol. The molecule has 1 N–H and O–H groups in total. The van der Waals surface area contributed by atoms with Crippen molar-refractivity contribution in [3.05, 3.63) is 29.8 Å². The molecule has 4 heteroatoms. The normalized spacial score (nSPS) is 27.8. The highest BCUT2D eigenvalue weighted by Gasteiger charge is 2.37. The first-order chi connectivity index (χ1) is 6.22. The molecule has 0 bridgehead atoms. The number of pyridine rings is 1. The molecule has 1 saturated heterocycles. The van der Waals surface area contributed by atoms with Gasteiger partial charge in [0.15, 0.2) is 5.67 Å². The van der Waals surface area contributed by atoms with Gasteiger partial charge in [0, 0.05) is 18.3 Å². The predicted octanol–water partition coefficient (Wildman–Crippen LogP) is 1.38. The van der Waals surface area contributed by atoms with Crippen LogP contribution in [0.3, 0.4) is 0 Å². The van der Waals surface area contributed by atoms with Gasteiger partial charge in [0.2, 0.25) is 0 Å². The van der Waals surface area contributed by atoms with Gasteiger partial charge < -0.3 is 5.32 Å². The maximum Gasteiger partial charge on any atom is 0.152 e. The monoisotopic (exact) mass is 184 g/mol. The van der Waals surface area contributed by atoms with Crippen LogP contribution in [0.2, 0.25) is 0 Å². The van der Waals surface area contributed by atoms with Gasteiger partial charge in [-0.3, -0.25) is 4.98 Å². The summed E-state index contributed by atoms with van der Waals surface area (Å²) in [5, 5.41) is 2.88. The van der Waals surface area contributed by atoms with Crippen molar-refractivity contribution in [2.24, 2.45) is 0 Å². The van der Waals surface area contributed by atoms with Crippen LogP contribution >= 0.6 is 0 Å². The van der Waals surface area contributed by atoms with Gasteiger partial charge in [0.1, 0.15) is 5.82 Å². The summed E-state index contributed by atoms with van der Waals surface area (Å²) in [6.07, 6.45) is 2.79. The largest absolute Gasteiger partial charge is 0.313 e. The summed E-state index contributed by atoms with van der Waals surface area (Å²) in [7, 11) is 0. The molecule has 1 aliphatic rings. The van der Waals surface area contributed by atoms with Gasteiger partial charge >= 0.3 is 0 Å². The van der Waals surface area contributed by atoms with Crippen LogP contribution in [0.5, 0.6) is 0 Å². The number of alkyl halides is 1. The molecule has 0 saturated carbocycles. The zero-order valence-electron chi connectivity index (χ0n) is 7.06. The molecule has 13 heavy (non-hydrogen) atoms. The van der Waals surface area contributed by atoms with Crippen LogP contribution in [0.1, 0.15) is 12.0 Å². The van der Waals surface area contributed by atoms with E-state index in [1.807, 2.05) is 0 Å². The smallest absolute Gasteiger partial charge is 0.152 e. The third kappa shape index (κ3) is 1.42. The van der Waals surface area contributed by atoms with Crippen LogP contribution in [0.15, 0.2) is 18.5 Å². The van der Waals surface area contributed by atoms with E-state index in [1.54, 1.807) is 0 Å². The third-order valence-electron chi connectivity index (χ3n) is 2.36. The van der Waals surface area contributed by atoms with Crippen molar-refractivity contribution in [1.82, 2.24) is 10.3 Å². The average Bonchev–Trinajstić information content (AvgIpc) is 2.54. The fourth-order valence-corrected chi connectivity index (χ4v) is 1.63. The predicted molar refractivity (Wildman–Crippen MR) is 44.5 cm³/mol. The molecule has 1 unspecified atom stereocenters. The summed E-state index contributed by atoms with van der Waals surface area (Å²) in [6, 6.07) is 1.41. The highest BCUT2D eigenvalue weighted by Crippen LogP contribution is 2.33. The van der Waals surface area contributed by atoms with Crippen molar-refractivity contribution in [3.8, 4) is 0 Å². The molecule has 1 aliphatic heterocycles. The minimum atomic E-state index is -1.55. The topological polar surface area (TPSA) is 24.9 Å². The quantitative estimate of drug-likeness (QED) is 0.713. The Balaban J connectivity index is 2.39. The molecule has 0 aromatic carbocycles. The lowest BCUT2D eigenvalue weighted by molar-refractivity contribution is 0.186. The highest BCUT2D eigenvalue weighted by atomic mass is 19.1. The van der Waals surface area contributed by atoms with Crippen LogP contribution in [-0.2, 0) is 5.67 Å². The number of rotatable bonds is 1. The summed E-state index contributed by atoms with van der Waals surface area (Å²) < 4.78 is 27.1. The van der Waals surface area contributed by atoms with E-state index in [-0.39, 0.29) is 12.1 Å². The van der Waals surface area contributed by atoms with E-state index in [2.05, 4.69) is 10.3 Å². The molecule has 1 aromatic heterocycles. The summed E-state index contributed by atoms with van der Waals surface area (Å²) in [5.41, 5.74) is -1.43. The molecule has 0 amide bonds. The van der Waals surface area contributed by atoms with Gasteiger partial charge in [-0.25, -0.2) is 8.78 Å². The number of aromatic nitrogens is 1. The first-order valence-electron chi connectivity index (χ1n) is 4.22. The molecule has 0 spiro atoms. The molecular formula is C9H10F2N2. The minimum absolute atomic E-state index is 0.118. The van der Waals surface area contributed by atoms with Crippen LogP contribution in [0.25, 0.3) is 0 Å². The van der Waals surface area contributed by atoms with Gasteiger partial charge in [-0.1, -0.05) is 0 Å². The van der Waals surface area contributed by atoms with E-state index in [0.29, 0.717) is 13.0 Å². The Bertz CT molecular complexity index is 308. The first-order valence-corrected chi connectivity index (χ1v) is 4.22. The van der Waals surface area contributed by atoms with E-state index >= 15 is 0 Å². The maximum atomic E-state index is 14.0. The van der Waals surface area contributed by atoms with Gasteiger partial charge in [-0.15, -0.1) is 0 Å². The van der Waals surface area contributed by atoms with E-state index < -0.39 is 11.5 Å². The van der Waals surface area contributed by atoms with Gasteiger partial charge in [-0.05, 0) is 19.0 Å². The lowest BCUT2D eigenvalue weighted by Crippen LogP contribution is -2.24. The molecule has 1 atom stereocenters. The first kappa shape index (κ1) is 8.56. The fraction of sp³-hybridized carbons (Fsp3) is 0.444. The van der Waals surface area contributed by atoms with Crippen LogP contribution in [-0.4, -0.2) is 18.1 Å². The van der Waals surface area contributed by atoms with Crippen LogP contribution in [0.4, 0.5) is 8.78 Å². The number of hydrogen-bond acceptors (Lipinski definition) is 2. The zero-order valence-corrected chi connectivity index (χ0v) is 7.06. The van der Waals surface area contributed by atoms with Crippen molar-refractivity contribution in [2.75, 3.05) is 13.1 Å². The summed E-state index contributed by atoms with van der Waals surface area (Å²) >= 11 is 0. The second-order valence-electron chi connectivity index (χ2n) is 3.25. The van der Waals surface area contributed by atoms with Crippen LogP contribution in [0, 0.1) is 5.82 Å². The van der Waals surface area contributed by atoms with E-state index in [4.69, 9.17) is 0 Å². The van der Waals surface area contributed by atoms with Crippen molar-refractivity contribution >= 4 is 0 Å². The number of nitrogens with one attached hydrogen (secondary N) is 1. The molecule has 0 aliphatic carbocycles. The number of hydrogen-bond donors (Lipinski definition) is 1. The summed E-state index contributed by atoms with van der Waals surface area (Å²) in [5.74, 6) is -0.561. The maximum absolute atomic E-state index is 14.0. The van der Waals surface area contributed by atoms with Crippen molar-refractivity contribution in [3.63, 3.8) is 0 Å². The van der Waals surface area contributed by atoms with Crippen molar-refractivity contribution in [2.45, 2.75) is 12.1 Å². The lowest BCUT2D eigenvalue weighted by Gasteiger charge is -2.18. The Hall–Kier alpha value is -1.03. The number of halogens is 2. The van der Waals surface area contributed by atoms with Gasteiger partial charge in [0.05, 0.1) is 6.20 Å². The summed E-state index contributed by atoms with van der Waals surface area (Å²) in [4.78, 5) is 3.59. The Labute approximate surface area is 75.0 Å². The molecule has 1 fully saturated rings. The lowest BCUT2D eigenvalue weighted by atomic mass is 9.96. The standard InChI is InChI=1S/C9H10F2N2/c10-8-5-12-3-1-7(8)9(11)2-4-13-6-9/h1,3,5,13H,2,4,6H2. The Morgan fingerprint density at radius 3 is 3.00 bits per heavy atom. The molecule has 1 aromatic rings. The van der Waals surface area contributed by atoms with Crippen molar-refractivity contribution < 1.29 is 8.78 Å². The number of nitrogens with zero attached hydrogens (tertiary/aromatic N) is 1. The minimum Gasteiger partial charge on any atom is -0.313 e. The zero-order chi connectivity index (χ0) is 9.31. The second-order valence-corrected chi connectivity index (χ2v) is 3.25. The molecule has 0 radical (unpaired) electrons. The van der Waals surface area contributed by atoms with E-state index in [1.165, 1.54) is 12.3 Å².